The van der Waals surface area contributed by atoms with Gasteiger partial charge in [0.25, 0.3) is 0 Å². The van der Waals surface area contributed by atoms with E-state index in [0.717, 1.165) is 14.5 Å². The van der Waals surface area contributed by atoms with Crippen molar-refractivity contribution in [1.82, 2.24) is 0 Å². The van der Waals surface area contributed by atoms with Gasteiger partial charge in [-0.3, -0.25) is 4.79 Å². The van der Waals surface area contributed by atoms with Crippen LogP contribution in [0.4, 0.5) is 0 Å². The first-order chi connectivity index (χ1) is 9.65. The maximum atomic E-state index is 11.8. The fourth-order valence-electron chi connectivity index (χ4n) is 1.49. The van der Waals surface area contributed by atoms with Crippen molar-refractivity contribution in [3.63, 3.8) is 0 Å². The van der Waals surface area contributed by atoms with E-state index in [1.54, 1.807) is 18.2 Å². The average Bonchev–Trinajstić information content (AvgIpc) is 2.46. The molecule has 0 N–H and O–H groups in total. The summed E-state index contributed by atoms with van der Waals surface area (Å²) < 4.78 is 1.97. The molecule has 0 atom stereocenters. The molecule has 0 aliphatic heterocycles. The Labute approximate surface area is 135 Å². The minimum Gasteiger partial charge on any atom is -0.289 e. The fraction of sp³-hybridized carbons (Fsp3) is 0. The Morgan fingerprint density at radius 1 is 0.900 bits per heavy atom. The summed E-state index contributed by atoms with van der Waals surface area (Å²) in [5, 5.41) is 0. The molecule has 0 aliphatic carbocycles. The average molecular weight is 390 g/mol. The third kappa shape index (κ3) is 4.48. The second-order valence-electron chi connectivity index (χ2n) is 3.98. The van der Waals surface area contributed by atoms with Crippen LogP contribution in [0.3, 0.4) is 0 Å². The van der Waals surface area contributed by atoms with E-state index in [-0.39, 0.29) is 5.78 Å². The van der Waals surface area contributed by atoms with Gasteiger partial charge in [-0.25, -0.2) is 0 Å². The largest absolute Gasteiger partial charge is 0.289 e. The molecule has 2 aromatic carbocycles. The smallest absolute Gasteiger partial charge is 0.186 e. The maximum Gasteiger partial charge on any atom is 0.186 e. The Morgan fingerprint density at radius 2 is 1.45 bits per heavy atom. The monoisotopic (exact) mass is 388 g/mol. The van der Waals surface area contributed by atoms with Crippen LogP contribution in [0.25, 0.3) is 0 Å². The van der Waals surface area contributed by atoms with Gasteiger partial charge in [0.1, 0.15) is 0 Å². The number of carbonyl (C=O) groups is 1. The van der Waals surface area contributed by atoms with Crippen LogP contribution in [-0.4, -0.2) is 5.78 Å². The van der Waals surface area contributed by atoms with E-state index in [1.807, 2.05) is 36.4 Å². The SMILES string of the molecule is O=C(C=CC#Cc1ccc(Br)cc1)c1ccc(Br)cc1. The number of benzene rings is 2. The molecule has 2 rings (SSSR count). The first kappa shape index (κ1) is 14.8. The Bertz CT molecular complexity index is 687. The van der Waals surface area contributed by atoms with Crippen molar-refractivity contribution >= 4 is 37.6 Å². The van der Waals surface area contributed by atoms with Gasteiger partial charge in [-0.05, 0) is 60.7 Å². The summed E-state index contributed by atoms with van der Waals surface area (Å²) in [6, 6.07) is 14.9. The topological polar surface area (TPSA) is 17.1 Å². The Morgan fingerprint density at radius 3 is 2.05 bits per heavy atom. The van der Waals surface area contributed by atoms with Crippen molar-refractivity contribution in [3.8, 4) is 11.8 Å². The van der Waals surface area contributed by atoms with Crippen molar-refractivity contribution in [2.75, 3.05) is 0 Å². The quantitative estimate of drug-likeness (QED) is 0.401. The second-order valence-corrected chi connectivity index (χ2v) is 5.81. The van der Waals surface area contributed by atoms with Crippen LogP contribution in [0.15, 0.2) is 69.6 Å². The lowest BCUT2D eigenvalue weighted by atomic mass is 10.1. The summed E-state index contributed by atoms with van der Waals surface area (Å²) in [4.78, 5) is 11.8. The minimum absolute atomic E-state index is 0.0531. The molecule has 0 saturated carbocycles. The van der Waals surface area contributed by atoms with Gasteiger partial charge >= 0.3 is 0 Å². The molecule has 0 amide bonds. The van der Waals surface area contributed by atoms with Gasteiger partial charge in [-0.15, -0.1) is 0 Å². The predicted molar refractivity (Wildman–Crippen MR) is 88.6 cm³/mol. The molecule has 98 valence electrons. The summed E-state index contributed by atoms with van der Waals surface area (Å²) in [6.07, 6.45) is 3.06. The molecule has 0 radical (unpaired) electrons. The van der Waals surface area contributed by atoms with Crippen molar-refractivity contribution in [2.24, 2.45) is 0 Å². The molecule has 0 aromatic heterocycles. The summed E-state index contributed by atoms with van der Waals surface area (Å²) >= 11 is 6.70. The Hall–Kier alpha value is -1.63. The van der Waals surface area contributed by atoms with Crippen LogP contribution >= 0.6 is 31.9 Å². The number of halogens is 2. The molecule has 2 aromatic rings. The number of carbonyl (C=O) groups excluding carboxylic acids is 1. The molecular weight excluding hydrogens is 380 g/mol. The molecule has 0 spiro atoms. The molecule has 0 aliphatic rings. The van der Waals surface area contributed by atoms with Crippen LogP contribution in [0.1, 0.15) is 15.9 Å². The summed E-state index contributed by atoms with van der Waals surface area (Å²) in [7, 11) is 0. The van der Waals surface area contributed by atoms with Crippen LogP contribution in [0.5, 0.6) is 0 Å². The van der Waals surface area contributed by atoms with Crippen molar-refractivity contribution in [2.45, 2.75) is 0 Å². The fourth-order valence-corrected chi connectivity index (χ4v) is 2.01. The van der Waals surface area contributed by atoms with Gasteiger partial charge in [-0.1, -0.05) is 43.7 Å². The van der Waals surface area contributed by atoms with Crippen LogP contribution in [0, 0.1) is 11.8 Å². The second kappa shape index (κ2) is 7.23. The molecule has 1 nitrogen and oxygen atoms in total. The van der Waals surface area contributed by atoms with E-state index < -0.39 is 0 Å². The molecule has 0 bridgehead atoms. The summed E-state index contributed by atoms with van der Waals surface area (Å²) in [5.74, 6) is 5.77. The maximum absolute atomic E-state index is 11.8. The lowest BCUT2D eigenvalue weighted by Crippen LogP contribution is -1.92. The minimum atomic E-state index is -0.0531. The zero-order valence-electron chi connectivity index (χ0n) is 10.4. The Balaban J connectivity index is 2.02. The van der Waals surface area contributed by atoms with E-state index in [1.165, 1.54) is 6.08 Å². The first-order valence-electron chi connectivity index (χ1n) is 5.89. The molecule has 0 fully saturated rings. The van der Waals surface area contributed by atoms with Crippen molar-refractivity contribution < 1.29 is 4.79 Å². The lowest BCUT2D eigenvalue weighted by Gasteiger charge is -1.94. The van der Waals surface area contributed by atoms with Gasteiger partial charge in [0.15, 0.2) is 5.78 Å². The zero-order chi connectivity index (χ0) is 14.4. The van der Waals surface area contributed by atoms with E-state index in [2.05, 4.69) is 43.7 Å². The predicted octanol–water partition coefficient (Wildman–Crippen LogP) is 5.00. The molecule has 20 heavy (non-hydrogen) atoms. The highest BCUT2D eigenvalue weighted by Crippen LogP contribution is 2.11. The Kier molecular flexibility index (Phi) is 5.34. The highest BCUT2D eigenvalue weighted by atomic mass is 79.9. The molecule has 0 heterocycles. The summed E-state index contributed by atoms with van der Waals surface area (Å²) in [6.45, 7) is 0. The first-order valence-corrected chi connectivity index (χ1v) is 7.47. The molecule has 0 saturated heterocycles. The normalized spacial score (nSPS) is 10.1. The van der Waals surface area contributed by atoms with E-state index in [0.29, 0.717) is 5.56 Å². The van der Waals surface area contributed by atoms with Crippen LogP contribution in [-0.2, 0) is 0 Å². The number of allylic oxidation sites excluding steroid dienone is 2. The third-order valence-corrected chi connectivity index (χ3v) is 3.56. The van der Waals surface area contributed by atoms with Crippen LogP contribution < -0.4 is 0 Å². The molecular formula is C17H10Br2O. The van der Waals surface area contributed by atoms with E-state index in [9.17, 15) is 4.79 Å². The van der Waals surface area contributed by atoms with Crippen LogP contribution in [0.2, 0.25) is 0 Å². The number of hydrogen-bond acceptors (Lipinski definition) is 1. The highest BCUT2D eigenvalue weighted by Gasteiger charge is 1.99. The third-order valence-electron chi connectivity index (χ3n) is 2.51. The lowest BCUT2D eigenvalue weighted by molar-refractivity contribution is 0.104. The highest BCUT2D eigenvalue weighted by molar-refractivity contribution is 9.10. The molecule has 0 unspecified atom stereocenters. The van der Waals surface area contributed by atoms with Gasteiger partial charge in [0, 0.05) is 20.1 Å². The van der Waals surface area contributed by atoms with E-state index >= 15 is 0 Å². The van der Waals surface area contributed by atoms with Gasteiger partial charge in [0.05, 0.1) is 0 Å². The number of hydrogen-bond donors (Lipinski definition) is 0. The number of rotatable bonds is 2. The van der Waals surface area contributed by atoms with Crippen molar-refractivity contribution in [1.29, 1.82) is 0 Å². The standard InChI is InChI=1S/C17H10Br2O/c18-15-9-5-13(6-10-15)3-1-2-4-17(20)14-7-11-16(19)12-8-14/h2,4-12H. The summed E-state index contributed by atoms with van der Waals surface area (Å²) in [5.41, 5.74) is 1.56. The van der Waals surface area contributed by atoms with Crippen molar-refractivity contribution in [3.05, 3.63) is 80.8 Å². The van der Waals surface area contributed by atoms with Gasteiger partial charge in [0.2, 0.25) is 0 Å². The van der Waals surface area contributed by atoms with Gasteiger partial charge < -0.3 is 0 Å². The van der Waals surface area contributed by atoms with E-state index in [4.69, 9.17) is 0 Å². The molecule has 3 heteroatoms. The number of ketones is 1. The zero-order valence-corrected chi connectivity index (χ0v) is 13.6. The van der Waals surface area contributed by atoms with Gasteiger partial charge in [-0.2, -0.15) is 0 Å².